The third kappa shape index (κ3) is 3.20. The number of halogens is 1. The van der Waals surface area contributed by atoms with Gasteiger partial charge in [0.25, 0.3) is 5.56 Å². The molecule has 1 amide bonds. The number of carbonyl (C=O) groups excluding carboxylic acids is 1. The molecule has 24 heavy (non-hydrogen) atoms. The van der Waals surface area contributed by atoms with E-state index in [2.05, 4.69) is 5.10 Å². The topological polar surface area (TPSA) is 89.3 Å². The third-order valence-electron chi connectivity index (χ3n) is 3.85. The van der Waals surface area contributed by atoms with Gasteiger partial charge in [-0.15, -0.1) is 0 Å². The zero-order chi connectivity index (χ0) is 17.3. The Balaban J connectivity index is 1.64. The van der Waals surface area contributed by atoms with Gasteiger partial charge in [-0.25, -0.2) is 13.1 Å². The Kier molecular flexibility index (Phi) is 4.42. The maximum absolute atomic E-state index is 12.5. The third-order valence-corrected chi connectivity index (χ3v) is 6.21. The normalized spacial score (nSPS) is 15.1. The van der Waals surface area contributed by atoms with Gasteiger partial charge in [-0.1, -0.05) is 11.6 Å². The summed E-state index contributed by atoms with van der Waals surface area (Å²) in [6.45, 7) is 0.00411. The molecule has 9 heteroatoms. The first kappa shape index (κ1) is 16.7. The van der Waals surface area contributed by atoms with Crippen LogP contribution in [0.25, 0.3) is 0 Å². The molecule has 0 unspecified atom stereocenters. The second kappa shape index (κ2) is 6.37. The summed E-state index contributed by atoms with van der Waals surface area (Å²) in [5.41, 5.74) is -0.378. The number of hydrogen-bond acceptors (Lipinski definition) is 5. The van der Waals surface area contributed by atoms with Crippen LogP contribution in [0.15, 0.2) is 52.3 Å². The number of hydrogen-bond donors (Lipinski definition) is 0. The van der Waals surface area contributed by atoms with Crippen LogP contribution in [0.1, 0.15) is 0 Å². The van der Waals surface area contributed by atoms with Gasteiger partial charge in [0.2, 0.25) is 5.91 Å². The lowest BCUT2D eigenvalue weighted by Gasteiger charge is -2.38. The van der Waals surface area contributed by atoms with Crippen molar-refractivity contribution in [2.45, 2.75) is 16.7 Å². The van der Waals surface area contributed by atoms with Crippen LogP contribution in [-0.4, -0.2) is 47.3 Å². The van der Waals surface area contributed by atoms with Crippen molar-refractivity contribution in [3.05, 3.63) is 58.0 Å². The van der Waals surface area contributed by atoms with Gasteiger partial charge in [-0.2, -0.15) is 5.10 Å². The molecule has 0 bridgehead atoms. The predicted molar refractivity (Wildman–Crippen MR) is 87.5 cm³/mol. The second-order valence-electron chi connectivity index (χ2n) is 5.44. The zero-order valence-electron chi connectivity index (χ0n) is 12.5. The Bertz CT molecular complexity index is 918. The van der Waals surface area contributed by atoms with Crippen molar-refractivity contribution in [3.8, 4) is 0 Å². The minimum absolute atomic E-state index is 0.103. The van der Waals surface area contributed by atoms with Gasteiger partial charge in [-0.05, 0) is 30.3 Å². The molecule has 2 aromatic rings. The van der Waals surface area contributed by atoms with E-state index in [1.165, 1.54) is 47.5 Å². The van der Waals surface area contributed by atoms with Crippen LogP contribution in [0.5, 0.6) is 0 Å². The van der Waals surface area contributed by atoms with E-state index in [9.17, 15) is 18.0 Å². The first-order chi connectivity index (χ1) is 11.4. The number of likely N-dealkylation sites (tertiary alicyclic amines) is 1. The van der Waals surface area contributed by atoms with E-state index in [4.69, 9.17) is 11.6 Å². The summed E-state index contributed by atoms with van der Waals surface area (Å²) in [6, 6.07) is 8.74. The van der Waals surface area contributed by atoms with Crippen molar-refractivity contribution >= 4 is 27.3 Å². The number of rotatable bonds is 4. The van der Waals surface area contributed by atoms with E-state index in [0.717, 1.165) is 4.68 Å². The average Bonchev–Trinajstić information content (AvgIpc) is 2.48. The maximum atomic E-state index is 12.5. The number of benzene rings is 1. The number of carbonyl (C=O) groups is 1. The first-order valence-corrected chi connectivity index (χ1v) is 9.10. The molecule has 1 aromatic carbocycles. The molecule has 0 radical (unpaired) electrons. The van der Waals surface area contributed by atoms with Gasteiger partial charge >= 0.3 is 0 Å². The monoisotopic (exact) mass is 367 g/mol. The highest BCUT2D eigenvalue weighted by Gasteiger charge is 2.40. The summed E-state index contributed by atoms with van der Waals surface area (Å²) in [4.78, 5) is 25.2. The van der Waals surface area contributed by atoms with Crippen molar-refractivity contribution in [3.63, 3.8) is 0 Å². The average molecular weight is 368 g/mol. The SMILES string of the molecule is O=C(Cn1ncccc1=O)N1CC(S(=O)(=O)c2ccc(Cl)cc2)C1. The van der Waals surface area contributed by atoms with Gasteiger partial charge in [-0.3, -0.25) is 9.59 Å². The highest BCUT2D eigenvalue weighted by Crippen LogP contribution is 2.25. The van der Waals surface area contributed by atoms with E-state index in [0.29, 0.717) is 5.02 Å². The molecule has 0 aliphatic carbocycles. The molecule has 1 aliphatic rings. The van der Waals surface area contributed by atoms with Crippen LogP contribution in [0.4, 0.5) is 0 Å². The highest BCUT2D eigenvalue weighted by atomic mass is 35.5. The molecule has 2 heterocycles. The summed E-state index contributed by atoms with van der Waals surface area (Å²) in [6.07, 6.45) is 1.42. The van der Waals surface area contributed by atoms with Crippen molar-refractivity contribution < 1.29 is 13.2 Å². The van der Waals surface area contributed by atoms with E-state index in [1.807, 2.05) is 0 Å². The van der Waals surface area contributed by atoms with E-state index >= 15 is 0 Å². The number of nitrogens with zero attached hydrogens (tertiary/aromatic N) is 3. The molecule has 0 N–H and O–H groups in total. The summed E-state index contributed by atoms with van der Waals surface area (Å²) in [5.74, 6) is -0.335. The Morgan fingerprint density at radius 2 is 1.88 bits per heavy atom. The predicted octanol–water partition coefficient (Wildman–Crippen LogP) is 0.581. The van der Waals surface area contributed by atoms with Crippen LogP contribution in [-0.2, 0) is 21.2 Å². The Hall–Kier alpha value is -2.19. The lowest BCUT2D eigenvalue weighted by atomic mass is 10.2. The van der Waals surface area contributed by atoms with Gasteiger partial charge in [0, 0.05) is 30.4 Å². The molecule has 1 aliphatic heterocycles. The lowest BCUT2D eigenvalue weighted by Crippen LogP contribution is -2.57. The Morgan fingerprint density at radius 3 is 2.50 bits per heavy atom. The summed E-state index contributed by atoms with van der Waals surface area (Å²) < 4.78 is 26.0. The van der Waals surface area contributed by atoms with Gasteiger partial charge < -0.3 is 4.90 Å². The number of amides is 1. The van der Waals surface area contributed by atoms with Crippen LogP contribution in [0, 0.1) is 0 Å². The van der Waals surface area contributed by atoms with Gasteiger partial charge in [0.15, 0.2) is 9.84 Å². The lowest BCUT2D eigenvalue weighted by molar-refractivity contribution is -0.135. The maximum Gasteiger partial charge on any atom is 0.267 e. The molecule has 3 rings (SSSR count). The molecule has 0 atom stereocenters. The first-order valence-electron chi connectivity index (χ1n) is 7.17. The van der Waals surface area contributed by atoms with Crippen LogP contribution < -0.4 is 5.56 Å². The molecular weight excluding hydrogens is 354 g/mol. The fourth-order valence-corrected chi connectivity index (χ4v) is 4.17. The second-order valence-corrected chi connectivity index (χ2v) is 8.10. The van der Waals surface area contributed by atoms with Crippen molar-refractivity contribution in [2.75, 3.05) is 13.1 Å². The fourth-order valence-electron chi connectivity index (χ4n) is 2.39. The fraction of sp³-hybridized carbons (Fsp3) is 0.267. The van der Waals surface area contributed by atoms with Crippen LogP contribution in [0.2, 0.25) is 5.02 Å². The van der Waals surface area contributed by atoms with Crippen LogP contribution in [0.3, 0.4) is 0 Å². The zero-order valence-corrected chi connectivity index (χ0v) is 14.1. The smallest absolute Gasteiger partial charge is 0.267 e. The molecule has 7 nitrogen and oxygen atoms in total. The van der Waals surface area contributed by atoms with E-state index in [1.54, 1.807) is 0 Å². The Labute approximate surface area is 143 Å². The molecule has 126 valence electrons. The standard InChI is InChI=1S/C15H14ClN3O4S/c16-11-3-5-12(6-4-11)24(22,23)13-8-18(9-13)15(21)10-19-14(20)2-1-7-17-19/h1-7,13H,8-10H2. The highest BCUT2D eigenvalue weighted by molar-refractivity contribution is 7.92. The summed E-state index contributed by atoms with van der Waals surface area (Å²) in [7, 11) is -3.50. The molecule has 1 saturated heterocycles. The van der Waals surface area contributed by atoms with Crippen molar-refractivity contribution in [1.82, 2.24) is 14.7 Å². The Morgan fingerprint density at radius 1 is 1.21 bits per heavy atom. The van der Waals surface area contributed by atoms with E-state index in [-0.39, 0.29) is 36.0 Å². The summed E-state index contributed by atoms with van der Waals surface area (Å²) >= 11 is 5.76. The van der Waals surface area contributed by atoms with Crippen molar-refractivity contribution in [1.29, 1.82) is 0 Å². The molecule has 0 spiro atoms. The molecule has 1 fully saturated rings. The molecular formula is C15H14ClN3O4S. The number of aromatic nitrogens is 2. The minimum Gasteiger partial charge on any atom is -0.338 e. The summed E-state index contributed by atoms with van der Waals surface area (Å²) in [5, 5.41) is 3.62. The van der Waals surface area contributed by atoms with Gasteiger partial charge in [0.05, 0.1) is 4.90 Å². The van der Waals surface area contributed by atoms with E-state index < -0.39 is 15.1 Å². The molecule has 0 saturated carbocycles. The van der Waals surface area contributed by atoms with Gasteiger partial charge in [0.1, 0.15) is 11.8 Å². The van der Waals surface area contributed by atoms with Crippen molar-refractivity contribution in [2.24, 2.45) is 0 Å². The molecule has 1 aromatic heterocycles. The largest absolute Gasteiger partial charge is 0.338 e. The minimum atomic E-state index is -3.50. The number of sulfone groups is 1. The quantitative estimate of drug-likeness (QED) is 0.788. The van der Waals surface area contributed by atoms with Crippen LogP contribution >= 0.6 is 11.6 Å².